The molecule has 2 aromatic rings. The monoisotopic (exact) mass is 390 g/mol. The van der Waals surface area contributed by atoms with Crippen molar-refractivity contribution in [3.05, 3.63) is 59.4 Å². The third-order valence-corrected chi connectivity index (χ3v) is 4.67. The molecule has 0 aliphatic rings. The lowest BCUT2D eigenvalue weighted by Crippen LogP contribution is -2.30. The standard InChI is InChI=1S/C19H19FN2O4S/c1-11-7-8-13(9-15(11)20)22-18(24)12(2)26-19(25)14-5-3-4-6-16(14)27-10-17(21)23/h3-9,12H,10H2,1-2H3,(H2,21,23)(H,22,24). The average molecular weight is 390 g/mol. The molecule has 1 atom stereocenters. The first-order chi connectivity index (χ1) is 12.8. The van der Waals surface area contributed by atoms with E-state index >= 15 is 0 Å². The van der Waals surface area contributed by atoms with Gasteiger partial charge in [-0.25, -0.2) is 9.18 Å². The molecule has 0 aliphatic heterocycles. The van der Waals surface area contributed by atoms with E-state index in [0.29, 0.717) is 10.5 Å². The van der Waals surface area contributed by atoms with Crippen LogP contribution in [0, 0.1) is 12.7 Å². The minimum absolute atomic E-state index is 0.0132. The number of rotatable bonds is 7. The summed E-state index contributed by atoms with van der Waals surface area (Å²) in [6, 6.07) is 10.8. The average Bonchev–Trinajstić information content (AvgIpc) is 2.63. The molecule has 27 heavy (non-hydrogen) atoms. The fourth-order valence-electron chi connectivity index (χ4n) is 2.10. The van der Waals surface area contributed by atoms with Crippen LogP contribution in [0.2, 0.25) is 0 Å². The first-order valence-electron chi connectivity index (χ1n) is 8.06. The Kier molecular flexibility index (Phi) is 6.95. The molecule has 0 saturated carbocycles. The third-order valence-electron chi connectivity index (χ3n) is 3.57. The van der Waals surface area contributed by atoms with Crippen molar-refractivity contribution in [2.45, 2.75) is 24.8 Å². The molecule has 0 fully saturated rings. The summed E-state index contributed by atoms with van der Waals surface area (Å²) in [4.78, 5) is 36.1. The number of aryl methyl sites for hydroxylation is 1. The van der Waals surface area contributed by atoms with Gasteiger partial charge in [-0.15, -0.1) is 11.8 Å². The van der Waals surface area contributed by atoms with E-state index in [9.17, 15) is 18.8 Å². The Morgan fingerprint density at radius 3 is 2.59 bits per heavy atom. The van der Waals surface area contributed by atoms with E-state index in [1.54, 1.807) is 31.2 Å². The van der Waals surface area contributed by atoms with Crippen LogP contribution in [0.3, 0.4) is 0 Å². The van der Waals surface area contributed by atoms with Crippen molar-refractivity contribution in [1.29, 1.82) is 0 Å². The Morgan fingerprint density at radius 1 is 1.22 bits per heavy atom. The lowest BCUT2D eigenvalue weighted by Gasteiger charge is -2.15. The number of ether oxygens (including phenoxy) is 1. The molecule has 1 unspecified atom stereocenters. The van der Waals surface area contributed by atoms with E-state index in [-0.39, 0.29) is 17.0 Å². The lowest BCUT2D eigenvalue weighted by molar-refractivity contribution is -0.123. The van der Waals surface area contributed by atoms with Gasteiger partial charge in [0.2, 0.25) is 5.91 Å². The molecule has 0 bridgehead atoms. The van der Waals surface area contributed by atoms with Gasteiger partial charge in [-0.05, 0) is 43.7 Å². The number of nitrogens with two attached hydrogens (primary N) is 1. The number of amides is 2. The summed E-state index contributed by atoms with van der Waals surface area (Å²) in [6.45, 7) is 3.02. The molecule has 0 saturated heterocycles. The van der Waals surface area contributed by atoms with Crippen LogP contribution >= 0.6 is 11.8 Å². The number of carbonyl (C=O) groups excluding carboxylic acids is 3. The fourth-order valence-corrected chi connectivity index (χ4v) is 2.88. The molecule has 142 valence electrons. The van der Waals surface area contributed by atoms with Gasteiger partial charge in [0.15, 0.2) is 6.10 Å². The summed E-state index contributed by atoms with van der Waals surface area (Å²) >= 11 is 1.11. The highest BCUT2D eigenvalue weighted by atomic mass is 32.2. The van der Waals surface area contributed by atoms with Gasteiger partial charge >= 0.3 is 5.97 Å². The molecule has 0 heterocycles. The zero-order valence-corrected chi connectivity index (χ0v) is 15.6. The van der Waals surface area contributed by atoms with Crippen molar-refractivity contribution in [2.24, 2.45) is 5.73 Å². The van der Waals surface area contributed by atoms with Crippen LogP contribution in [0.15, 0.2) is 47.4 Å². The topological polar surface area (TPSA) is 98.5 Å². The molecule has 0 radical (unpaired) electrons. The van der Waals surface area contributed by atoms with Gasteiger partial charge in [-0.2, -0.15) is 0 Å². The van der Waals surface area contributed by atoms with Gasteiger partial charge in [0.25, 0.3) is 5.91 Å². The maximum atomic E-state index is 13.6. The molecule has 2 rings (SSSR count). The molecular formula is C19H19FN2O4S. The van der Waals surface area contributed by atoms with Crippen LogP contribution < -0.4 is 11.1 Å². The number of nitrogens with one attached hydrogen (secondary N) is 1. The summed E-state index contributed by atoms with van der Waals surface area (Å²) in [6.07, 6.45) is -1.10. The highest BCUT2D eigenvalue weighted by Crippen LogP contribution is 2.23. The predicted molar refractivity (Wildman–Crippen MR) is 101 cm³/mol. The number of thioether (sulfide) groups is 1. The fraction of sp³-hybridized carbons (Fsp3) is 0.211. The van der Waals surface area contributed by atoms with Crippen LogP contribution in [0.4, 0.5) is 10.1 Å². The molecule has 2 amide bonds. The molecule has 0 aliphatic carbocycles. The Balaban J connectivity index is 2.03. The van der Waals surface area contributed by atoms with Crippen LogP contribution in [-0.2, 0) is 14.3 Å². The maximum Gasteiger partial charge on any atom is 0.340 e. The minimum Gasteiger partial charge on any atom is -0.449 e. The SMILES string of the molecule is Cc1ccc(NC(=O)C(C)OC(=O)c2ccccc2SCC(N)=O)cc1F. The number of hydrogen-bond donors (Lipinski definition) is 2. The highest BCUT2D eigenvalue weighted by molar-refractivity contribution is 8.00. The molecular weight excluding hydrogens is 371 g/mol. The zero-order valence-electron chi connectivity index (χ0n) is 14.8. The normalized spacial score (nSPS) is 11.5. The maximum absolute atomic E-state index is 13.6. The van der Waals surface area contributed by atoms with E-state index in [1.165, 1.54) is 25.1 Å². The molecule has 3 N–H and O–H groups in total. The number of esters is 1. The number of primary amides is 1. The van der Waals surface area contributed by atoms with Crippen molar-refractivity contribution in [2.75, 3.05) is 11.1 Å². The number of benzene rings is 2. The van der Waals surface area contributed by atoms with Crippen LogP contribution in [0.5, 0.6) is 0 Å². The summed E-state index contributed by atoms with van der Waals surface area (Å²) in [5.41, 5.74) is 6.07. The van der Waals surface area contributed by atoms with Crippen LogP contribution in [0.1, 0.15) is 22.8 Å². The first kappa shape index (κ1) is 20.4. The molecule has 2 aromatic carbocycles. The Bertz CT molecular complexity index is 873. The largest absolute Gasteiger partial charge is 0.449 e. The Morgan fingerprint density at radius 2 is 1.93 bits per heavy atom. The second-order valence-corrected chi connectivity index (χ2v) is 6.77. The second kappa shape index (κ2) is 9.18. The van der Waals surface area contributed by atoms with Gasteiger partial charge in [-0.3, -0.25) is 9.59 Å². The number of hydrogen-bond acceptors (Lipinski definition) is 5. The van der Waals surface area contributed by atoms with Gasteiger partial charge in [0.1, 0.15) is 5.82 Å². The summed E-state index contributed by atoms with van der Waals surface area (Å²) in [5.74, 6) is -2.24. The Hall–Kier alpha value is -2.87. The van der Waals surface area contributed by atoms with Crippen molar-refractivity contribution in [1.82, 2.24) is 0 Å². The molecule has 8 heteroatoms. The van der Waals surface area contributed by atoms with E-state index in [2.05, 4.69) is 5.32 Å². The zero-order chi connectivity index (χ0) is 20.0. The van der Waals surface area contributed by atoms with Gasteiger partial charge in [-0.1, -0.05) is 18.2 Å². The van der Waals surface area contributed by atoms with Gasteiger partial charge in [0.05, 0.1) is 11.3 Å². The van der Waals surface area contributed by atoms with Crippen LogP contribution in [-0.4, -0.2) is 29.6 Å². The molecule has 0 aromatic heterocycles. The first-order valence-corrected chi connectivity index (χ1v) is 9.04. The summed E-state index contributed by atoms with van der Waals surface area (Å²) in [7, 11) is 0. The van der Waals surface area contributed by atoms with Crippen molar-refractivity contribution >= 4 is 35.2 Å². The number of anilines is 1. The molecule has 6 nitrogen and oxygen atoms in total. The van der Waals surface area contributed by atoms with Crippen molar-refractivity contribution < 1.29 is 23.5 Å². The van der Waals surface area contributed by atoms with Crippen LogP contribution in [0.25, 0.3) is 0 Å². The quantitative estimate of drug-likeness (QED) is 0.559. The molecule has 0 spiro atoms. The van der Waals surface area contributed by atoms with E-state index in [0.717, 1.165) is 11.8 Å². The second-order valence-electron chi connectivity index (χ2n) is 5.75. The van der Waals surface area contributed by atoms with Crippen molar-refractivity contribution in [3.63, 3.8) is 0 Å². The smallest absolute Gasteiger partial charge is 0.340 e. The van der Waals surface area contributed by atoms with E-state index in [4.69, 9.17) is 10.5 Å². The van der Waals surface area contributed by atoms with Gasteiger partial charge < -0.3 is 15.8 Å². The van der Waals surface area contributed by atoms with Gasteiger partial charge in [0, 0.05) is 10.6 Å². The van der Waals surface area contributed by atoms with E-state index in [1.807, 2.05) is 0 Å². The summed E-state index contributed by atoms with van der Waals surface area (Å²) < 4.78 is 18.8. The number of halogens is 1. The predicted octanol–water partition coefficient (Wildman–Crippen LogP) is 2.90. The minimum atomic E-state index is -1.10. The highest BCUT2D eigenvalue weighted by Gasteiger charge is 2.21. The van der Waals surface area contributed by atoms with Crippen molar-refractivity contribution in [3.8, 4) is 0 Å². The lowest BCUT2D eigenvalue weighted by atomic mass is 10.2. The number of carbonyl (C=O) groups is 3. The third kappa shape index (κ3) is 5.82. The summed E-state index contributed by atoms with van der Waals surface area (Å²) in [5, 5.41) is 2.50. The Labute approximate surface area is 160 Å². The van der Waals surface area contributed by atoms with E-state index < -0.39 is 29.7 Å².